The number of hydrogen-bond donors (Lipinski definition) is 0. The number of allylic oxidation sites excluding steroid dienone is 8. The molecule has 2 aliphatic rings. The van der Waals surface area contributed by atoms with Crippen molar-refractivity contribution in [1.82, 2.24) is 0 Å². The van der Waals surface area contributed by atoms with Crippen molar-refractivity contribution < 1.29 is 38.6 Å². The third kappa shape index (κ3) is 7.91. The van der Waals surface area contributed by atoms with Crippen LogP contribution in [0.2, 0.25) is 0 Å². The van der Waals surface area contributed by atoms with E-state index in [-0.39, 0.29) is 38.6 Å². The number of benzene rings is 2. The van der Waals surface area contributed by atoms with E-state index in [0.717, 1.165) is 18.4 Å². The molecule has 24 heavy (non-hydrogen) atoms. The van der Waals surface area contributed by atoms with Crippen LogP contribution in [0, 0.1) is 18.7 Å². The molecule has 2 aromatic rings. The second-order valence-corrected chi connectivity index (χ2v) is 4.74. The fourth-order valence-corrected chi connectivity index (χ4v) is 2.08. The molecule has 118 valence electrons. The van der Waals surface area contributed by atoms with Crippen LogP contribution in [0.4, 0.5) is 0 Å². The Balaban J connectivity index is 0.000000370. The van der Waals surface area contributed by atoms with Gasteiger partial charge in [-0.25, -0.2) is 30.4 Å². The Morgan fingerprint density at radius 3 is 1.88 bits per heavy atom. The minimum Gasteiger partial charge on any atom is -1.00 e. The van der Waals surface area contributed by atoms with Crippen LogP contribution in [0.3, 0.4) is 0 Å². The van der Waals surface area contributed by atoms with E-state index in [9.17, 15) is 0 Å². The van der Waals surface area contributed by atoms with Crippen LogP contribution >= 0.6 is 0 Å². The van der Waals surface area contributed by atoms with Gasteiger partial charge in [-0.1, -0.05) is 41.8 Å². The summed E-state index contributed by atoms with van der Waals surface area (Å²) < 4.78 is 0. The van der Waals surface area contributed by atoms with Crippen molar-refractivity contribution in [2.75, 3.05) is 0 Å². The molecule has 0 nitrogen and oxygen atoms in total. The third-order valence-corrected chi connectivity index (χ3v) is 3.17. The molecule has 0 unspecified atom stereocenters. The van der Waals surface area contributed by atoms with Crippen LogP contribution in [-0.4, -0.2) is 0 Å². The molecule has 0 saturated carbocycles. The van der Waals surface area contributed by atoms with Crippen molar-refractivity contribution >= 4 is 16.8 Å². The fourth-order valence-electron chi connectivity index (χ4n) is 2.08. The Kier molecular flexibility index (Phi) is 13.1. The summed E-state index contributed by atoms with van der Waals surface area (Å²) in [6.45, 7) is 5.49. The van der Waals surface area contributed by atoms with Gasteiger partial charge >= 0.3 is 26.2 Å². The van der Waals surface area contributed by atoms with Gasteiger partial charge in [0.25, 0.3) is 0 Å². The topological polar surface area (TPSA) is 0 Å². The van der Waals surface area contributed by atoms with Gasteiger partial charge in [-0.15, -0.1) is 18.9 Å². The van der Waals surface area contributed by atoms with Crippen molar-refractivity contribution in [3.8, 4) is 0 Å². The van der Waals surface area contributed by atoms with Crippen LogP contribution in [0.5, 0.6) is 0 Å². The number of hydrogen-bond acceptors (Lipinski definition) is 0. The minimum absolute atomic E-state index is 0. The molecular weight excluding hydrogens is 391 g/mol. The molecular formula is C22H19ClZr. The van der Waals surface area contributed by atoms with Gasteiger partial charge in [0.1, 0.15) is 0 Å². The van der Waals surface area contributed by atoms with Gasteiger partial charge < -0.3 is 12.4 Å². The summed E-state index contributed by atoms with van der Waals surface area (Å²) in [6, 6.07) is 14.3. The van der Waals surface area contributed by atoms with E-state index in [0.29, 0.717) is 0 Å². The maximum absolute atomic E-state index is 5.49. The van der Waals surface area contributed by atoms with Gasteiger partial charge in [0.2, 0.25) is 0 Å². The van der Waals surface area contributed by atoms with E-state index in [4.69, 9.17) is 6.58 Å². The van der Waals surface area contributed by atoms with Crippen LogP contribution in [0.1, 0.15) is 18.4 Å². The molecule has 0 spiro atoms. The summed E-state index contributed by atoms with van der Waals surface area (Å²) in [5.74, 6) is 0. The molecule has 0 aliphatic heterocycles. The van der Waals surface area contributed by atoms with Crippen molar-refractivity contribution in [3.63, 3.8) is 0 Å². The normalized spacial score (nSPS) is 12.3. The summed E-state index contributed by atoms with van der Waals surface area (Å²) in [7, 11) is 0. The summed E-state index contributed by atoms with van der Waals surface area (Å²) in [5.41, 5.74) is 1.09. The Hall–Kier alpha value is -1.43. The first-order valence-electron chi connectivity index (χ1n) is 7.38. The van der Waals surface area contributed by atoms with Crippen molar-refractivity contribution in [3.05, 3.63) is 103 Å². The SMILES string of the molecule is [C-]1=CC=CC1.[C-]1=CC=CC1.[CH-]=Cc1cccc2ccccc12.[Cl-].[Zr+4]. The Morgan fingerprint density at radius 1 is 0.833 bits per heavy atom. The van der Waals surface area contributed by atoms with E-state index in [1.807, 2.05) is 48.6 Å². The fraction of sp³-hybridized carbons (Fsp3) is 0.0909. The van der Waals surface area contributed by atoms with Crippen molar-refractivity contribution in [2.24, 2.45) is 0 Å². The average molecular weight is 410 g/mol. The van der Waals surface area contributed by atoms with E-state index in [1.165, 1.54) is 10.8 Å². The number of halogens is 1. The standard InChI is InChI=1S/C12H9.2C5H5.ClH.Zr/c1-2-10-7-5-8-11-6-3-4-9-12(10)11;2*1-2-4-5-3-1;;/h1-9H;2*1-3H,4H2;1H;/q3*-1;;+4/p-1. The molecule has 0 atom stereocenters. The molecule has 0 aromatic heterocycles. The first-order chi connectivity index (χ1) is 10.9. The summed E-state index contributed by atoms with van der Waals surface area (Å²) in [5, 5.41) is 2.44. The molecule has 0 radical (unpaired) electrons. The van der Waals surface area contributed by atoms with E-state index in [1.54, 1.807) is 6.08 Å². The largest absolute Gasteiger partial charge is 4.00 e. The molecule has 0 bridgehead atoms. The summed E-state index contributed by atoms with van der Waals surface area (Å²) in [6.07, 6.45) is 21.6. The zero-order chi connectivity index (χ0) is 15.5. The monoisotopic (exact) mass is 408 g/mol. The van der Waals surface area contributed by atoms with Crippen LogP contribution < -0.4 is 12.4 Å². The van der Waals surface area contributed by atoms with Gasteiger partial charge in [-0.3, -0.25) is 18.7 Å². The van der Waals surface area contributed by atoms with E-state index < -0.39 is 0 Å². The predicted molar refractivity (Wildman–Crippen MR) is 95.9 cm³/mol. The quantitative estimate of drug-likeness (QED) is 0.635. The number of rotatable bonds is 1. The molecule has 0 heterocycles. The molecule has 4 rings (SSSR count). The molecule has 2 aromatic carbocycles. The average Bonchev–Trinajstić information content (AvgIpc) is 3.32. The van der Waals surface area contributed by atoms with Crippen molar-refractivity contribution in [1.29, 1.82) is 0 Å². The maximum Gasteiger partial charge on any atom is 4.00 e. The predicted octanol–water partition coefficient (Wildman–Crippen LogP) is 2.90. The minimum atomic E-state index is 0. The second kappa shape index (κ2) is 14.0. The summed E-state index contributed by atoms with van der Waals surface area (Å²) in [4.78, 5) is 0. The molecule has 0 fully saturated rings. The van der Waals surface area contributed by atoms with E-state index >= 15 is 0 Å². The van der Waals surface area contributed by atoms with Crippen LogP contribution in [0.15, 0.2) is 78.9 Å². The zero-order valence-corrected chi connectivity index (χ0v) is 16.7. The first-order valence-corrected chi connectivity index (χ1v) is 7.38. The molecule has 2 aliphatic carbocycles. The van der Waals surface area contributed by atoms with Gasteiger partial charge in [-0.05, 0) is 5.39 Å². The van der Waals surface area contributed by atoms with Crippen molar-refractivity contribution in [2.45, 2.75) is 12.8 Å². The summed E-state index contributed by atoms with van der Waals surface area (Å²) >= 11 is 0. The van der Waals surface area contributed by atoms with Crippen LogP contribution in [0.25, 0.3) is 16.8 Å². The Bertz CT molecular complexity index is 676. The van der Waals surface area contributed by atoms with E-state index in [2.05, 4.69) is 42.5 Å². The smallest absolute Gasteiger partial charge is 1.00 e. The second-order valence-electron chi connectivity index (χ2n) is 4.74. The molecule has 2 heteroatoms. The maximum atomic E-state index is 5.49. The Morgan fingerprint density at radius 2 is 1.42 bits per heavy atom. The zero-order valence-electron chi connectivity index (χ0n) is 13.5. The first kappa shape index (κ1) is 22.6. The van der Waals surface area contributed by atoms with Gasteiger partial charge in [0.15, 0.2) is 0 Å². The Labute approximate surface area is 170 Å². The van der Waals surface area contributed by atoms with Gasteiger partial charge in [0, 0.05) is 0 Å². The van der Waals surface area contributed by atoms with Gasteiger partial charge in [0.05, 0.1) is 0 Å². The number of fused-ring (bicyclic) bond motifs is 1. The molecule has 0 N–H and O–H groups in total. The molecule has 0 saturated heterocycles. The molecule has 0 amide bonds. The van der Waals surface area contributed by atoms with Crippen LogP contribution in [-0.2, 0) is 26.2 Å². The van der Waals surface area contributed by atoms with Gasteiger partial charge in [-0.2, -0.15) is 17.7 Å². The third-order valence-electron chi connectivity index (χ3n) is 3.17.